The fourth-order valence-electron chi connectivity index (χ4n) is 2.39. The lowest BCUT2D eigenvalue weighted by atomic mass is 10.1. The van der Waals surface area contributed by atoms with Crippen molar-refractivity contribution in [1.82, 2.24) is 15.2 Å². The van der Waals surface area contributed by atoms with Gasteiger partial charge in [0, 0.05) is 17.3 Å². The van der Waals surface area contributed by atoms with Crippen LogP contribution in [0, 0.1) is 11.6 Å². The number of aromatic amines is 1. The number of H-pyrrole nitrogens is 1. The molecule has 1 heterocycles. The van der Waals surface area contributed by atoms with E-state index in [1.807, 2.05) is 0 Å². The quantitative estimate of drug-likeness (QED) is 0.379. The molecule has 134 valence electrons. The molecular weight excluding hydrogens is 342 g/mol. The number of urea groups is 1. The van der Waals surface area contributed by atoms with Crippen LogP contribution in [-0.2, 0) is 6.54 Å². The van der Waals surface area contributed by atoms with Crippen LogP contribution in [-0.4, -0.2) is 21.2 Å². The van der Waals surface area contributed by atoms with Gasteiger partial charge in [0.15, 0.2) is 0 Å². The van der Waals surface area contributed by atoms with Crippen LogP contribution in [0.25, 0.3) is 11.1 Å². The van der Waals surface area contributed by atoms with E-state index < -0.39 is 17.7 Å². The van der Waals surface area contributed by atoms with Crippen LogP contribution in [0.2, 0.25) is 0 Å². The van der Waals surface area contributed by atoms with Gasteiger partial charge in [-0.3, -0.25) is 10.1 Å². The number of nitrogens with one attached hydrogen (secondary N) is 1. The highest BCUT2D eigenvalue weighted by atomic mass is 19.1. The Bertz CT molecular complexity index is 898. The molecule has 0 saturated carbocycles. The van der Waals surface area contributed by atoms with Crippen molar-refractivity contribution < 1.29 is 13.6 Å². The van der Waals surface area contributed by atoms with Gasteiger partial charge in [0.25, 0.3) is 0 Å². The SMILES string of the molecule is NN(Cc1cc(F)ccc1F)C(=O)N(N)c1ccc(-c2cn[nH]c2)cc1. The van der Waals surface area contributed by atoms with Crippen LogP contribution >= 0.6 is 0 Å². The molecule has 0 atom stereocenters. The van der Waals surface area contributed by atoms with E-state index >= 15 is 0 Å². The molecule has 2 aromatic carbocycles. The van der Waals surface area contributed by atoms with Crippen LogP contribution < -0.4 is 16.7 Å². The highest BCUT2D eigenvalue weighted by Crippen LogP contribution is 2.22. The predicted octanol–water partition coefficient (Wildman–Crippen LogP) is 2.53. The average molecular weight is 358 g/mol. The number of carbonyl (C=O) groups is 1. The number of anilines is 1. The Morgan fingerprint density at radius 1 is 1.08 bits per heavy atom. The highest BCUT2D eigenvalue weighted by molar-refractivity contribution is 5.90. The molecule has 9 heteroatoms. The van der Waals surface area contributed by atoms with Crippen molar-refractivity contribution in [2.75, 3.05) is 5.01 Å². The molecule has 2 amide bonds. The van der Waals surface area contributed by atoms with E-state index in [1.165, 1.54) is 0 Å². The van der Waals surface area contributed by atoms with Gasteiger partial charge in [-0.2, -0.15) is 5.10 Å². The number of benzene rings is 2. The zero-order valence-electron chi connectivity index (χ0n) is 13.6. The van der Waals surface area contributed by atoms with Gasteiger partial charge < -0.3 is 0 Å². The Hall–Kier alpha value is -3.30. The number of nitrogens with zero attached hydrogens (tertiary/aromatic N) is 3. The molecule has 7 nitrogen and oxygen atoms in total. The van der Waals surface area contributed by atoms with Gasteiger partial charge in [-0.1, -0.05) is 12.1 Å². The largest absolute Gasteiger partial charge is 0.353 e. The van der Waals surface area contributed by atoms with Crippen molar-refractivity contribution in [3.05, 3.63) is 72.1 Å². The standard InChI is InChI=1S/C17H16F2N6O/c18-14-3-6-16(19)12(7-14)10-24(20)17(26)25(21)15-4-1-11(2-5-15)13-8-22-23-9-13/h1-9H,10,20-21H2,(H,22,23). The number of nitrogens with two attached hydrogens (primary N) is 2. The molecule has 26 heavy (non-hydrogen) atoms. The number of hydrazine groups is 2. The number of hydrogen-bond donors (Lipinski definition) is 3. The summed E-state index contributed by atoms with van der Waals surface area (Å²) < 4.78 is 26.9. The monoisotopic (exact) mass is 358 g/mol. The first-order valence-corrected chi connectivity index (χ1v) is 7.60. The van der Waals surface area contributed by atoms with Gasteiger partial charge in [0.2, 0.25) is 0 Å². The molecule has 0 aliphatic rings. The van der Waals surface area contributed by atoms with Crippen molar-refractivity contribution in [2.45, 2.75) is 6.54 Å². The molecule has 0 unspecified atom stereocenters. The summed E-state index contributed by atoms with van der Waals surface area (Å²) in [5, 5.41) is 8.12. The number of aromatic nitrogens is 2. The number of halogens is 2. The topological polar surface area (TPSA) is 104 Å². The van der Waals surface area contributed by atoms with E-state index in [0.29, 0.717) is 10.7 Å². The van der Waals surface area contributed by atoms with Crippen LogP contribution in [0.3, 0.4) is 0 Å². The molecule has 5 N–H and O–H groups in total. The molecule has 3 rings (SSSR count). The van der Waals surface area contributed by atoms with Crippen molar-refractivity contribution in [3.63, 3.8) is 0 Å². The zero-order chi connectivity index (χ0) is 18.7. The van der Waals surface area contributed by atoms with Crippen LogP contribution in [0.15, 0.2) is 54.9 Å². The van der Waals surface area contributed by atoms with Crippen molar-refractivity contribution in [3.8, 4) is 11.1 Å². The maximum absolute atomic E-state index is 13.7. The molecule has 3 aromatic rings. The van der Waals surface area contributed by atoms with Gasteiger partial charge in [0.05, 0.1) is 18.4 Å². The maximum atomic E-state index is 13.7. The minimum Gasteiger partial charge on any atom is -0.285 e. The van der Waals surface area contributed by atoms with Gasteiger partial charge >= 0.3 is 6.03 Å². The Kier molecular flexibility index (Phi) is 4.92. The normalized spacial score (nSPS) is 10.6. The second-order valence-electron chi connectivity index (χ2n) is 5.55. The smallest absolute Gasteiger partial charge is 0.285 e. The molecule has 0 radical (unpaired) electrons. The number of amides is 2. The minimum absolute atomic E-state index is 0.0513. The van der Waals surface area contributed by atoms with E-state index in [1.54, 1.807) is 36.7 Å². The number of carbonyl (C=O) groups excluding carboxylic acids is 1. The fourth-order valence-corrected chi connectivity index (χ4v) is 2.39. The number of hydrogen-bond acceptors (Lipinski definition) is 4. The summed E-state index contributed by atoms with van der Waals surface area (Å²) in [5.41, 5.74) is 2.10. The molecule has 0 spiro atoms. The van der Waals surface area contributed by atoms with Crippen molar-refractivity contribution in [2.24, 2.45) is 11.7 Å². The third kappa shape index (κ3) is 3.68. The lowest BCUT2D eigenvalue weighted by Gasteiger charge is -2.24. The first-order chi connectivity index (χ1) is 12.5. The predicted molar refractivity (Wildman–Crippen MR) is 92.2 cm³/mol. The first kappa shape index (κ1) is 17.5. The molecule has 0 aliphatic heterocycles. The Morgan fingerprint density at radius 2 is 1.81 bits per heavy atom. The maximum Gasteiger partial charge on any atom is 0.353 e. The van der Waals surface area contributed by atoms with E-state index in [4.69, 9.17) is 11.7 Å². The third-order valence-electron chi connectivity index (χ3n) is 3.78. The fraction of sp³-hybridized carbons (Fsp3) is 0.0588. The van der Waals surface area contributed by atoms with Gasteiger partial charge in [0.1, 0.15) is 11.6 Å². The average Bonchev–Trinajstić information content (AvgIpc) is 3.18. The molecular formula is C17H16F2N6O. The Labute approximate surface area is 147 Å². The highest BCUT2D eigenvalue weighted by Gasteiger charge is 2.19. The summed E-state index contributed by atoms with van der Waals surface area (Å²) in [4.78, 5) is 12.3. The lowest BCUT2D eigenvalue weighted by Crippen LogP contribution is -2.50. The molecule has 0 aliphatic carbocycles. The summed E-state index contributed by atoms with van der Waals surface area (Å²) >= 11 is 0. The van der Waals surface area contributed by atoms with E-state index in [9.17, 15) is 13.6 Å². The summed E-state index contributed by atoms with van der Waals surface area (Å²) in [6.45, 7) is -0.330. The van der Waals surface area contributed by atoms with Crippen molar-refractivity contribution >= 4 is 11.7 Å². The minimum atomic E-state index is -0.773. The molecule has 0 bridgehead atoms. The third-order valence-corrected chi connectivity index (χ3v) is 3.78. The molecule has 1 aromatic heterocycles. The van der Waals surface area contributed by atoms with Crippen LogP contribution in [0.1, 0.15) is 5.56 Å². The van der Waals surface area contributed by atoms with Crippen LogP contribution in [0.5, 0.6) is 0 Å². The summed E-state index contributed by atoms with van der Waals surface area (Å²) in [6, 6.07) is 8.96. The van der Waals surface area contributed by atoms with E-state index in [-0.39, 0.29) is 12.1 Å². The Morgan fingerprint density at radius 3 is 2.46 bits per heavy atom. The van der Waals surface area contributed by atoms with E-state index in [0.717, 1.165) is 34.3 Å². The van der Waals surface area contributed by atoms with Gasteiger partial charge in [-0.05, 0) is 35.9 Å². The first-order valence-electron chi connectivity index (χ1n) is 7.60. The second-order valence-corrected chi connectivity index (χ2v) is 5.55. The molecule has 0 fully saturated rings. The van der Waals surface area contributed by atoms with Crippen molar-refractivity contribution in [1.29, 1.82) is 0 Å². The Balaban J connectivity index is 1.71. The molecule has 0 saturated heterocycles. The lowest BCUT2D eigenvalue weighted by molar-refractivity contribution is 0.202. The van der Waals surface area contributed by atoms with Gasteiger partial charge in [-0.15, -0.1) is 0 Å². The summed E-state index contributed by atoms with van der Waals surface area (Å²) in [7, 11) is 0. The van der Waals surface area contributed by atoms with E-state index in [2.05, 4.69) is 10.2 Å². The zero-order valence-corrected chi connectivity index (χ0v) is 13.6. The summed E-state index contributed by atoms with van der Waals surface area (Å²) in [6.07, 6.45) is 3.39. The number of rotatable bonds is 4. The van der Waals surface area contributed by atoms with Crippen LogP contribution in [0.4, 0.5) is 19.3 Å². The van der Waals surface area contributed by atoms with Gasteiger partial charge in [-0.25, -0.2) is 30.3 Å². The summed E-state index contributed by atoms with van der Waals surface area (Å²) in [5.74, 6) is 10.2. The second kappa shape index (κ2) is 7.30.